The number of carboxylic acids is 1. The molecule has 3 rings (SSSR count). The number of rotatable bonds is 3. The van der Waals surface area contributed by atoms with Gasteiger partial charge in [0.1, 0.15) is 5.69 Å². The van der Waals surface area contributed by atoms with Crippen LogP contribution in [0.2, 0.25) is 0 Å². The van der Waals surface area contributed by atoms with Crippen LogP contribution in [0.25, 0.3) is 22.2 Å². The second-order valence-electron chi connectivity index (χ2n) is 5.42. The van der Waals surface area contributed by atoms with Gasteiger partial charge in [0.2, 0.25) is 0 Å². The highest BCUT2D eigenvalue weighted by atomic mass is 19.4. The Bertz CT molecular complexity index is 898. The van der Waals surface area contributed by atoms with Crippen LogP contribution < -0.4 is 0 Å². The van der Waals surface area contributed by atoms with Gasteiger partial charge in [-0.15, -0.1) is 0 Å². The molecule has 0 aliphatic carbocycles. The number of hydrogen-bond acceptors (Lipinski definition) is 3. The van der Waals surface area contributed by atoms with Crippen molar-refractivity contribution in [2.45, 2.75) is 19.0 Å². The van der Waals surface area contributed by atoms with Crippen molar-refractivity contribution in [1.82, 2.24) is 5.16 Å². The van der Waals surface area contributed by atoms with Crippen molar-refractivity contribution in [3.05, 3.63) is 53.6 Å². The zero-order valence-electron chi connectivity index (χ0n) is 12.5. The number of hydrogen-bond donors (Lipinski definition) is 1. The zero-order valence-corrected chi connectivity index (χ0v) is 12.5. The fourth-order valence-electron chi connectivity index (χ4n) is 2.39. The molecule has 0 saturated carbocycles. The molecule has 0 spiro atoms. The summed E-state index contributed by atoms with van der Waals surface area (Å²) in [6.07, 6.45) is -4.41. The summed E-state index contributed by atoms with van der Waals surface area (Å²) in [4.78, 5) is 11.1. The van der Waals surface area contributed by atoms with E-state index in [0.29, 0.717) is 27.8 Å². The molecule has 1 heterocycles. The lowest BCUT2D eigenvalue weighted by molar-refractivity contribution is -0.138. The fraction of sp³-hybridized carbons (Fsp3) is 0.176. The van der Waals surface area contributed by atoms with Crippen molar-refractivity contribution in [2.24, 2.45) is 0 Å². The van der Waals surface area contributed by atoms with Crippen LogP contribution in [-0.4, -0.2) is 16.2 Å². The minimum Gasteiger partial charge on any atom is -0.481 e. The Morgan fingerprint density at radius 1 is 1.17 bits per heavy atom. The zero-order chi connectivity index (χ0) is 17.5. The normalized spacial score (nSPS) is 13.2. The molecule has 0 aliphatic rings. The largest absolute Gasteiger partial charge is 0.481 e. The molecule has 3 aromatic rings. The van der Waals surface area contributed by atoms with E-state index in [1.807, 2.05) is 0 Å². The summed E-state index contributed by atoms with van der Waals surface area (Å²) in [6.45, 7) is 1.55. The molecule has 0 fully saturated rings. The van der Waals surface area contributed by atoms with E-state index >= 15 is 0 Å². The summed E-state index contributed by atoms with van der Waals surface area (Å²) in [5.41, 5.74) is 1.08. The van der Waals surface area contributed by atoms with E-state index in [1.165, 1.54) is 12.1 Å². The molecule has 0 bridgehead atoms. The molecule has 1 atom stereocenters. The van der Waals surface area contributed by atoms with Crippen molar-refractivity contribution in [2.75, 3.05) is 0 Å². The van der Waals surface area contributed by atoms with E-state index in [0.717, 1.165) is 12.1 Å². The molecule has 4 nitrogen and oxygen atoms in total. The molecular formula is C17H12F3NO3. The number of benzene rings is 2. The van der Waals surface area contributed by atoms with Crippen LogP contribution in [0.1, 0.15) is 24.0 Å². The van der Waals surface area contributed by atoms with E-state index in [2.05, 4.69) is 5.16 Å². The number of aromatic nitrogens is 1. The molecule has 2 aromatic carbocycles. The Morgan fingerprint density at radius 3 is 2.42 bits per heavy atom. The minimum atomic E-state index is -4.41. The second-order valence-corrected chi connectivity index (χ2v) is 5.42. The summed E-state index contributed by atoms with van der Waals surface area (Å²) in [7, 11) is 0. The monoisotopic (exact) mass is 335 g/mol. The van der Waals surface area contributed by atoms with Crippen LogP contribution in [0, 0.1) is 0 Å². The summed E-state index contributed by atoms with van der Waals surface area (Å²) < 4.78 is 43.1. The Morgan fingerprint density at radius 2 is 1.83 bits per heavy atom. The van der Waals surface area contributed by atoms with E-state index in [1.54, 1.807) is 25.1 Å². The molecule has 1 unspecified atom stereocenters. The quantitative estimate of drug-likeness (QED) is 0.753. The topological polar surface area (TPSA) is 63.3 Å². The number of aliphatic carboxylic acids is 1. The highest BCUT2D eigenvalue weighted by molar-refractivity contribution is 5.92. The summed E-state index contributed by atoms with van der Waals surface area (Å²) in [5.74, 6) is -1.69. The number of carbonyl (C=O) groups is 1. The number of nitrogens with zero attached hydrogens (tertiary/aromatic N) is 1. The molecule has 124 valence electrons. The van der Waals surface area contributed by atoms with Crippen LogP contribution in [0.3, 0.4) is 0 Å². The lowest BCUT2D eigenvalue weighted by atomic mass is 9.98. The molecule has 0 radical (unpaired) electrons. The van der Waals surface area contributed by atoms with Crippen molar-refractivity contribution < 1.29 is 27.6 Å². The first-order valence-electron chi connectivity index (χ1n) is 7.07. The average Bonchev–Trinajstić information content (AvgIpc) is 2.96. The molecule has 24 heavy (non-hydrogen) atoms. The SMILES string of the molecule is CC(C(=O)O)c1ccc2onc(-c3ccc(C(F)(F)F)cc3)c2c1. The van der Waals surface area contributed by atoms with Gasteiger partial charge in [-0.25, -0.2) is 0 Å². The number of carboxylic acid groups (broad SMARTS) is 1. The maximum atomic E-state index is 12.6. The molecule has 1 N–H and O–H groups in total. The van der Waals surface area contributed by atoms with Gasteiger partial charge in [-0.3, -0.25) is 4.79 Å². The molecule has 0 saturated heterocycles. The Labute approximate surface area is 134 Å². The minimum absolute atomic E-state index is 0.373. The van der Waals surface area contributed by atoms with E-state index in [-0.39, 0.29) is 0 Å². The van der Waals surface area contributed by atoms with Crippen molar-refractivity contribution in [1.29, 1.82) is 0 Å². The summed E-state index contributed by atoms with van der Waals surface area (Å²) in [5, 5.41) is 13.6. The van der Waals surface area contributed by atoms with Gasteiger partial charge in [0.15, 0.2) is 5.58 Å². The highest BCUT2D eigenvalue weighted by Crippen LogP contribution is 2.34. The Kier molecular flexibility index (Phi) is 3.79. The predicted octanol–water partition coefficient (Wildman–Crippen LogP) is 4.70. The number of alkyl halides is 3. The van der Waals surface area contributed by atoms with E-state index < -0.39 is 23.6 Å². The first-order chi connectivity index (χ1) is 11.3. The smallest absolute Gasteiger partial charge is 0.416 e. The van der Waals surface area contributed by atoms with Gasteiger partial charge in [0.05, 0.1) is 11.5 Å². The maximum Gasteiger partial charge on any atom is 0.416 e. The van der Waals surface area contributed by atoms with E-state index in [9.17, 15) is 18.0 Å². The molecule has 0 amide bonds. The lowest BCUT2D eigenvalue weighted by Crippen LogP contribution is -2.06. The standard InChI is InChI=1S/C17H12F3NO3/c1-9(16(22)23)11-4-7-14-13(8-11)15(21-24-14)10-2-5-12(6-3-10)17(18,19)20/h2-9H,1H3,(H,22,23). The Hall–Kier alpha value is -2.83. The fourth-order valence-corrected chi connectivity index (χ4v) is 2.39. The summed E-state index contributed by atoms with van der Waals surface area (Å²) in [6, 6.07) is 9.44. The van der Waals surface area contributed by atoms with Crippen LogP contribution in [0.5, 0.6) is 0 Å². The predicted molar refractivity (Wildman–Crippen MR) is 80.5 cm³/mol. The third-order valence-electron chi connectivity index (χ3n) is 3.85. The van der Waals surface area contributed by atoms with Crippen LogP contribution in [0.15, 0.2) is 47.0 Å². The van der Waals surface area contributed by atoms with Crippen LogP contribution in [-0.2, 0) is 11.0 Å². The maximum absolute atomic E-state index is 12.6. The number of halogens is 3. The highest BCUT2D eigenvalue weighted by Gasteiger charge is 2.30. The Balaban J connectivity index is 2.06. The van der Waals surface area contributed by atoms with Gasteiger partial charge in [-0.05, 0) is 36.8 Å². The third kappa shape index (κ3) is 2.84. The average molecular weight is 335 g/mol. The molecule has 0 aliphatic heterocycles. The van der Waals surface area contributed by atoms with E-state index in [4.69, 9.17) is 9.63 Å². The van der Waals surface area contributed by atoms with Gasteiger partial charge >= 0.3 is 12.1 Å². The second kappa shape index (κ2) is 5.67. The van der Waals surface area contributed by atoms with Gasteiger partial charge in [0.25, 0.3) is 0 Å². The van der Waals surface area contributed by atoms with Crippen LogP contribution in [0.4, 0.5) is 13.2 Å². The van der Waals surface area contributed by atoms with Gasteiger partial charge < -0.3 is 9.63 Å². The lowest BCUT2D eigenvalue weighted by Gasteiger charge is -2.07. The number of fused-ring (bicyclic) bond motifs is 1. The molecule has 7 heteroatoms. The van der Waals surface area contributed by atoms with Gasteiger partial charge in [0, 0.05) is 10.9 Å². The van der Waals surface area contributed by atoms with Crippen LogP contribution >= 0.6 is 0 Å². The van der Waals surface area contributed by atoms with Crippen molar-refractivity contribution >= 4 is 16.9 Å². The third-order valence-corrected chi connectivity index (χ3v) is 3.85. The van der Waals surface area contributed by atoms with Crippen molar-refractivity contribution in [3.8, 4) is 11.3 Å². The first-order valence-corrected chi connectivity index (χ1v) is 7.07. The van der Waals surface area contributed by atoms with Gasteiger partial charge in [-0.1, -0.05) is 23.4 Å². The first kappa shape index (κ1) is 16.0. The van der Waals surface area contributed by atoms with Gasteiger partial charge in [-0.2, -0.15) is 13.2 Å². The molecular weight excluding hydrogens is 323 g/mol. The van der Waals surface area contributed by atoms with Crippen molar-refractivity contribution in [3.63, 3.8) is 0 Å². The molecule has 1 aromatic heterocycles. The summed E-state index contributed by atoms with van der Waals surface area (Å²) >= 11 is 0.